The minimum Gasteiger partial charge on any atom is -0.388 e. The Morgan fingerprint density at radius 3 is 2.83 bits per heavy atom. The van der Waals surface area contributed by atoms with E-state index in [0.29, 0.717) is 17.9 Å². The fourth-order valence-electron chi connectivity index (χ4n) is 2.00. The third-order valence-electron chi connectivity index (χ3n) is 2.85. The summed E-state index contributed by atoms with van der Waals surface area (Å²) in [5.74, 6) is 0.480. The first kappa shape index (κ1) is 13.2. The van der Waals surface area contributed by atoms with Gasteiger partial charge < -0.3 is 11.1 Å². The van der Waals surface area contributed by atoms with Gasteiger partial charge in [0.15, 0.2) is 9.84 Å². The van der Waals surface area contributed by atoms with Crippen LogP contribution in [-0.2, 0) is 9.84 Å². The number of nitrogens with two attached hydrogens (primary N) is 1. The zero-order valence-corrected chi connectivity index (χ0v) is 11.4. The molecule has 0 radical (unpaired) electrons. The zero-order chi connectivity index (χ0) is 13.2. The Kier molecular flexibility index (Phi) is 3.82. The highest BCUT2D eigenvalue weighted by Crippen LogP contribution is 2.17. The summed E-state index contributed by atoms with van der Waals surface area (Å²) in [7, 11) is -2.90. The molecule has 1 aliphatic heterocycles. The maximum Gasteiger partial charge on any atom is 0.152 e. The highest BCUT2D eigenvalue weighted by atomic mass is 32.2. The second kappa shape index (κ2) is 5.19. The van der Waals surface area contributed by atoms with Crippen molar-refractivity contribution in [2.45, 2.75) is 18.9 Å². The Balaban J connectivity index is 2.03. The molecule has 0 amide bonds. The van der Waals surface area contributed by atoms with E-state index in [1.165, 1.54) is 0 Å². The molecule has 0 aliphatic carbocycles. The summed E-state index contributed by atoms with van der Waals surface area (Å²) in [6.07, 6.45) is 3.18. The number of aromatic nitrogens is 1. The predicted octanol–water partition coefficient (Wildman–Crippen LogP) is 0.705. The van der Waals surface area contributed by atoms with Crippen LogP contribution in [-0.4, -0.2) is 35.9 Å². The van der Waals surface area contributed by atoms with Gasteiger partial charge in [-0.2, -0.15) is 0 Å². The third kappa shape index (κ3) is 3.39. The standard InChI is InChI=1S/C11H15N3O2S2/c12-11(17)10-4-3-8(6-13-10)14-9-2-1-5-18(15,16)7-9/h3-4,6,9,14H,1-2,5,7H2,(H2,12,17). The van der Waals surface area contributed by atoms with Crippen molar-refractivity contribution < 1.29 is 8.42 Å². The fraction of sp³-hybridized carbons (Fsp3) is 0.455. The normalized spacial score (nSPS) is 22.3. The van der Waals surface area contributed by atoms with Crippen LogP contribution in [0.2, 0.25) is 0 Å². The van der Waals surface area contributed by atoms with Gasteiger partial charge in [-0.3, -0.25) is 4.98 Å². The van der Waals surface area contributed by atoms with E-state index in [1.807, 2.05) is 6.07 Å². The van der Waals surface area contributed by atoms with Gasteiger partial charge in [-0.25, -0.2) is 8.42 Å². The monoisotopic (exact) mass is 285 g/mol. The van der Waals surface area contributed by atoms with Gasteiger partial charge in [-0.05, 0) is 25.0 Å². The molecule has 3 N–H and O–H groups in total. The van der Waals surface area contributed by atoms with Crippen LogP contribution in [0.3, 0.4) is 0 Å². The third-order valence-corrected chi connectivity index (χ3v) is 4.88. The number of thiocarbonyl (C=S) groups is 1. The summed E-state index contributed by atoms with van der Waals surface area (Å²) in [6.45, 7) is 0. The molecule has 2 rings (SSSR count). The summed E-state index contributed by atoms with van der Waals surface area (Å²) < 4.78 is 23.0. The second-order valence-corrected chi connectivity index (χ2v) is 7.06. The first-order valence-electron chi connectivity index (χ1n) is 5.69. The predicted molar refractivity (Wildman–Crippen MR) is 75.4 cm³/mol. The van der Waals surface area contributed by atoms with Crippen molar-refractivity contribution in [3.8, 4) is 0 Å². The van der Waals surface area contributed by atoms with Gasteiger partial charge in [0.2, 0.25) is 0 Å². The van der Waals surface area contributed by atoms with Crippen LogP contribution in [0.4, 0.5) is 5.69 Å². The van der Waals surface area contributed by atoms with E-state index in [-0.39, 0.29) is 16.8 Å². The minimum absolute atomic E-state index is 0.0405. The van der Waals surface area contributed by atoms with E-state index in [2.05, 4.69) is 10.3 Å². The largest absolute Gasteiger partial charge is 0.388 e. The number of pyridine rings is 1. The lowest BCUT2D eigenvalue weighted by Crippen LogP contribution is -2.34. The molecule has 0 spiro atoms. The summed E-state index contributed by atoms with van der Waals surface area (Å²) >= 11 is 4.81. The molecule has 1 aromatic heterocycles. The van der Waals surface area contributed by atoms with Crippen molar-refractivity contribution in [1.82, 2.24) is 4.98 Å². The van der Waals surface area contributed by atoms with Crippen LogP contribution >= 0.6 is 12.2 Å². The average molecular weight is 285 g/mol. The highest BCUT2D eigenvalue weighted by molar-refractivity contribution is 7.91. The van der Waals surface area contributed by atoms with Crippen LogP contribution in [0.25, 0.3) is 0 Å². The highest BCUT2D eigenvalue weighted by Gasteiger charge is 2.24. The van der Waals surface area contributed by atoms with Crippen LogP contribution in [0.5, 0.6) is 0 Å². The molecule has 18 heavy (non-hydrogen) atoms. The Labute approximate surface area is 112 Å². The van der Waals surface area contributed by atoms with Crippen molar-refractivity contribution >= 4 is 32.7 Å². The molecule has 0 aromatic carbocycles. The maximum absolute atomic E-state index is 11.5. The van der Waals surface area contributed by atoms with Gasteiger partial charge in [0.1, 0.15) is 4.99 Å². The van der Waals surface area contributed by atoms with Crippen LogP contribution in [0, 0.1) is 0 Å². The molecule has 1 fully saturated rings. The first-order valence-corrected chi connectivity index (χ1v) is 7.92. The van der Waals surface area contributed by atoms with Gasteiger partial charge in [0, 0.05) is 6.04 Å². The van der Waals surface area contributed by atoms with E-state index >= 15 is 0 Å². The Bertz CT molecular complexity index is 540. The molecule has 1 aromatic rings. The first-order chi connectivity index (χ1) is 8.46. The summed E-state index contributed by atoms with van der Waals surface area (Å²) in [6, 6.07) is 3.49. The number of hydrogen-bond donors (Lipinski definition) is 2. The number of nitrogens with one attached hydrogen (secondary N) is 1. The van der Waals surface area contributed by atoms with Gasteiger partial charge in [-0.15, -0.1) is 0 Å². The van der Waals surface area contributed by atoms with Crippen LogP contribution in [0.15, 0.2) is 18.3 Å². The molecular weight excluding hydrogens is 270 g/mol. The number of nitrogens with zero attached hydrogens (tertiary/aromatic N) is 1. The van der Waals surface area contributed by atoms with Crippen LogP contribution < -0.4 is 11.1 Å². The van der Waals surface area contributed by atoms with Crippen molar-refractivity contribution in [3.63, 3.8) is 0 Å². The van der Waals surface area contributed by atoms with E-state index < -0.39 is 9.84 Å². The smallest absolute Gasteiger partial charge is 0.152 e. The average Bonchev–Trinajstić information content (AvgIpc) is 2.28. The quantitative estimate of drug-likeness (QED) is 0.795. The Morgan fingerprint density at radius 1 is 1.50 bits per heavy atom. The van der Waals surface area contributed by atoms with Gasteiger partial charge in [-0.1, -0.05) is 12.2 Å². The molecule has 1 aliphatic rings. The SMILES string of the molecule is NC(=S)c1ccc(NC2CCCS(=O)(=O)C2)cn1. The molecular formula is C11H15N3O2S2. The molecule has 2 heterocycles. The molecule has 0 bridgehead atoms. The lowest BCUT2D eigenvalue weighted by Gasteiger charge is -2.23. The number of anilines is 1. The fourth-order valence-corrected chi connectivity index (χ4v) is 3.75. The van der Waals surface area contributed by atoms with Gasteiger partial charge >= 0.3 is 0 Å². The van der Waals surface area contributed by atoms with E-state index in [4.69, 9.17) is 18.0 Å². The van der Waals surface area contributed by atoms with Crippen molar-refractivity contribution in [2.24, 2.45) is 5.73 Å². The van der Waals surface area contributed by atoms with E-state index in [9.17, 15) is 8.42 Å². The molecule has 98 valence electrons. The minimum atomic E-state index is -2.90. The molecule has 1 saturated heterocycles. The molecule has 1 unspecified atom stereocenters. The van der Waals surface area contributed by atoms with Crippen LogP contribution in [0.1, 0.15) is 18.5 Å². The molecule has 0 saturated carbocycles. The lowest BCUT2D eigenvalue weighted by atomic mass is 10.2. The van der Waals surface area contributed by atoms with E-state index in [1.54, 1.807) is 12.3 Å². The van der Waals surface area contributed by atoms with Crippen molar-refractivity contribution in [1.29, 1.82) is 0 Å². The molecule has 5 nitrogen and oxygen atoms in total. The number of rotatable bonds is 3. The van der Waals surface area contributed by atoms with Crippen molar-refractivity contribution in [2.75, 3.05) is 16.8 Å². The summed E-state index contributed by atoms with van der Waals surface area (Å²) in [5.41, 5.74) is 6.80. The number of hydrogen-bond acceptors (Lipinski definition) is 5. The second-order valence-electron chi connectivity index (χ2n) is 4.39. The zero-order valence-electron chi connectivity index (χ0n) is 9.80. The van der Waals surface area contributed by atoms with Crippen molar-refractivity contribution in [3.05, 3.63) is 24.0 Å². The number of sulfone groups is 1. The molecule has 7 heteroatoms. The van der Waals surface area contributed by atoms with Gasteiger partial charge in [0.05, 0.1) is 29.1 Å². The van der Waals surface area contributed by atoms with Gasteiger partial charge in [0.25, 0.3) is 0 Å². The Morgan fingerprint density at radius 2 is 2.28 bits per heavy atom. The maximum atomic E-state index is 11.5. The topological polar surface area (TPSA) is 85.1 Å². The lowest BCUT2D eigenvalue weighted by molar-refractivity contribution is 0.562. The summed E-state index contributed by atoms with van der Waals surface area (Å²) in [4.78, 5) is 4.35. The summed E-state index contributed by atoms with van der Waals surface area (Å²) in [5, 5.41) is 3.18. The molecule has 1 atom stereocenters. The Hall–Kier alpha value is -1.21. The van der Waals surface area contributed by atoms with E-state index in [0.717, 1.165) is 12.1 Å².